The van der Waals surface area contributed by atoms with Crippen molar-refractivity contribution in [1.29, 1.82) is 0 Å². The van der Waals surface area contributed by atoms with Crippen molar-refractivity contribution in [2.75, 3.05) is 6.54 Å². The molecule has 1 aromatic rings. The zero-order chi connectivity index (χ0) is 11.5. The molecule has 0 radical (unpaired) electrons. The zero-order valence-corrected chi connectivity index (χ0v) is 10.1. The molecule has 1 aromatic carbocycles. The van der Waals surface area contributed by atoms with Gasteiger partial charge in [0.15, 0.2) is 0 Å². The van der Waals surface area contributed by atoms with E-state index < -0.39 is 0 Å². The Morgan fingerprint density at radius 2 is 2.38 bits per heavy atom. The van der Waals surface area contributed by atoms with Crippen LogP contribution in [0.5, 0.6) is 0 Å². The lowest BCUT2D eigenvalue weighted by molar-refractivity contribution is -0.120. The van der Waals surface area contributed by atoms with Gasteiger partial charge in [-0.05, 0) is 25.0 Å². The first-order valence-electron chi connectivity index (χ1n) is 5.44. The summed E-state index contributed by atoms with van der Waals surface area (Å²) in [4.78, 5) is 13.1. The van der Waals surface area contributed by atoms with Crippen LogP contribution in [0.25, 0.3) is 0 Å². The highest BCUT2D eigenvalue weighted by atomic mass is 32.2. The minimum absolute atomic E-state index is 0.0103. The van der Waals surface area contributed by atoms with Crippen molar-refractivity contribution in [3.8, 4) is 0 Å². The van der Waals surface area contributed by atoms with Crippen LogP contribution in [0.2, 0.25) is 0 Å². The Labute approximate surface area is 99.8 Å². The second-order valence-corrected chi connectivity index (χ2v) is 5.39. The number of carbonyl (C=O) groups is 1. The molecular formula is C12H16N2OS. The normalized spacial score (nSPS) is 20.2. The lowest BCUT2D eigenvalue weighted by atomic mass is 10.1. The molecule has 1 amide bonds. The summed E-state index contributed by atoms with van der Waals surface area (Å²) >= 11 is 1.64. The fourth-order valence-electron chi connectivity index (χ4n) is 1.70. The third-order valence-electron chi connectivity index (χ3n) is 2.54. The smallest absolute Gasteiger partial charge is 0.233 e. The molecule has 86 valence electrons. The van der Waals surface area contributed by atoms with E-state index in [0.29, 0.717) is 6.54 Å². The Morgan fingerprint density at radius 1 is 1.62 bits per heavy atom. The standard InChI is InChI=1S/C12H16N2OS/c1-8(13)7-14-12(15)11-6-9-4-2-3-5-10(9)16-11/h2-5,8,11H,6-7,13H2,1H3,(H,14,15). The van der Waals surface area contributed by atoms with Crippen molar-refractivity contribution in [3.05, 3.63) is 29.8 Å². The highest BCUT2D eigenvalue weighted by molar-refractivity contribution is 8.01. The molecule has 0 saturated carbocycles. The Kier molecular flexibility index (Phi) is 3.51. The zero-order valence-electron chi connectivity index (χ0n) is 9.27. The second kappa shape index (κ2) is 4.89. The monoisotopic (exact) mass is 236 g/mol. The molecule has 3 nitrogen and oxygen atoms in total. The Bertz CT molecular complexity index is 367. The number of amides is 1. The van der Waals surface area contributed by atoms with Crippen molar-refractivity contribution in [1.82, 2.24) is 5.32 Å². The maximum atomic E-state index is 11.8. The van der Waals surface area contributed by atoms with E-state index >= 15 is 0 Å². The minimum Gasteiger partial charge on any atom is -0.354 e. The van der Waals surface area contributed by atoms with Crippen LogP contribution in [-0.2, 0) is 11.2 Å². The molecule has 2 atom stereocenters. The van der Waals surface area contributed by atoms with Crippen LogP contribution in [-0.4, -0.2) is 23.7 Å². The molecule has 0 fully saturated rings. The van der Waals surface area contributed by atoms with Gasteiger partial charge >= 0.3 is 0 Å². The maximum Gasteiger partial charge on any atom is 0.233 e. The number of nitrogens with two attached hydrogens (primary N) is 1. The van der Waals surface area contributed by atoms with Crippen LogP contribution < -0.4 is 11.1 Å². The summed E-state index contributed by atoms with van der Waals surface area (Å²) in [5.74, 6) is 0.0958. The molecule has 4 heteroatoms. The van der Waals surface area contributed by atoms with Gasteiger partial charge in [-0.15, -0.1) is 11.8 Å². The Balaban J connectivity index is 1.93. The third-order valence-corrected chi connectivity index (χ3v) is 3.86. The molecule has 16 heavy (non-hydrogen) atoms. The van der Waals surface area contributed by atoms with E-state index in [1.165, 1.54) is 10.5 Å². The average Bonchev–Trinajstić information content (AvgIpc) is 2.69. The highest BCUT2D eigenvalue weighted by Gasteiger charge is 2.27. The highest BCUT2D eigenvalue weighted by Crippen LogP contribution is 2.36. The summed E-state index contributed by atoms with van der Waals surface area (Å²) < 4.78 is 0. The van der Waals surface area contributed by atoms with Gasteiger partial charge in [0.2, 0.25) is 5.91 Å². The summed E-state index contributed by atoms with van der Waals surface area (Å²) in [6.07, 6.45) is 0.825. The molecule has 2 rings (SSSR count). The van der Waals surface area contributed by atoms with E-state index in [4.69, 9.17) is 5.73 Å². The molecule has 3 N–H and O–H groups in total. The van der Waals surface area contributed by atoms with Gasteiger partial charge in [0, 0.05) is 17.5 Å². The minimum atomic E-state index is 0.0103. The van der Waals surface area contributed by atoms with Crippen LogP contribution >= 0.6 is 11.8 Å². The first-order valence-corrected chi connectivity index (χ1v) is 6.32. The number of fused-ring (bicyclic) bond motifs is 1. The van der Waals surface area contributed by atoms with Crippen molar-refractivity contribution < 1.29 is 4.79 Å². The lowest BCUT2D eigenvalue weighted by Gasteiger charge is -2.11. The summed E-state index contributed by atoms with van der Waals surface area (Å²) in [6.45, 7) is 2.43. The molecule has 1 heterocycles. The van der Waals surface area contributed by atoms with Crippen LogP contribution in [0.3, 0.4) is 0 Å². The van der Waals surface area contributed by atoms with Gasteiger partial charge in [-0.25, -0.2) is 0 Å². The number of rotatable bonds is 3. The van der Waals surface area contributed by atoms with Gasteiger partial charge in [-0.1, -0.05) is 18.2 Å². The van der Waals surface area contributed by atoms with Gasteiger partial charge in [0.05, 0.1) is 5.25 Å². The molecule has 1 aliphatic heterocycles. The van der Waals surface area contributed by atoms with Gasteiger partial charge in [-0.3, -0.25) is 4.79 Å². The first kappa shape index (κ1) is 11.5. The van der Waals surface area contributed by atoms with Gasteiger partial charge in [0.1, 0.15) is 0 Å². The quantitative estimate of drug-likeness (QED) is 0.828. The number of carbonyl (C=O) groups excluding carboxylic acids is 1. The Hall–Kier alpha value is -1.00. The number of hydrogen-bond acceptors (Lipinski definition) is 3. The SMILES string of the molecule is CC(N)CNC(=O)C1Cc2ccccc2S1. The van der Waals surface area contributed by atoms with E-state index in [0.717, 1.165) is 6.42 Å². The predicted octanol–water partition coefficient (Wildman–Crippen LogP) is 1.17. The third kappa shape index (κ3) is 2.57. The second-order valence-electron chi connectivity index (χ2n) is 4.14. The van der Waals surface area contributed by atoms with E-state index in [9.17, 15) is 4.79 Å². The van der Waals surface area contributed by atoms with Crippen LogP contribution in [0, 0.1) is 0 Å². The van der Waals surface area contributed by atoms with Crippen molar-refractivity contribution in [3.63, 3.8) is 0 Å². The number of thioether (sulfide) groups is 1. The van der Waals surface area contributed by atoms with Crippen LogP contribution in [0.1, 0.15) is 12.5 Å². The molecule has 0 saturated heterocycles. The molecule has 0 spiro atoms. The van der Waals surface area contributed by atoms with Crippen molar-refractivity contribution in [2.24, 2.45) is 5.73 Å². The number of hydrogen-bond donors (Lipinski definition) is 2. The van der Waals surface area contributed by atoms with Crippen LogP contribution in [0.15, 0.2) is 29.2 Å². The molecule has 1 aliphatic rings. The fraction of sp³-hybridized carbons (Fsp3) is 0.417. The van der Waals surface area contributed by atoms with Gasteiger partial charge in [0.25, 0.3) is 0 Å². The van der Waals surface area contributed by atoms with Crippen molar-refractivity contribution in [2.45, 2.75) is 29.5 Å². The molecular weight excluding hydrogens is 220 g/mol. The number of benzene rings is 1. The van der Waals surface area contributed by atoms with E-state index in [-0.39, 0.29) is 17.2 Å². The van der Waals surface area contributed by atoms with Crippen molar-refractivity contribution >= 4 is 17.7 Å². The molecule has 0 aromatic heterocycles. The summed E-state index contributed by atoms with van der Waals surface area (Å²) in [5.41, 5.74) is 6.87. The largest absolute Gasteiger partial charge is 0.354 e. The average molecular weight is 236 g/mol. The van der Waals surface area contributed by atoms with Gasteiger partial charge < -0.3 is 11.1 Å². The van der Waals surface area contributed by atoms with E-state index in [2.05, 4.69) is 17.4 Å². The Morgan fingerprint density at radius 3 is 3.06 bits per heavy atom. The van der Waals surface area contributed by atoms with E-state index in [1.807, 2.05) is 19.1 Å². The maximum absolute atomic E-state index is 11.8. The van der Waals surface area contributed by atoms with E-state index in [1.54, 1.807) is 11.8 Å². The number of nitrogens with one attached hydrogen (secondary N) is 1. The lowest BCUT2D eigenvalue weighted by Crippen LogP contribution is -2.39. The summed E-state index contributed by atoms with van der Waals surface area (Å²) in [6, 6.07) is 8.19. The molecule has 2 unspecified atom stereocenters. The fourth-order valence-corrected chi connectivity index (χ4v) is 2.92. The molecule has 0 bridgehead atoms. The van der Waals surface area contributed by atoms with Gasteiger partial charge in [-0.2, -0.15) is 0 Å². The summed E-state index contributed by atoms with van der Waals surface area (Å²) in [7, 11) is 0. The first-order chi connectivity index (χ1) is 7.66. The molecule has 0 aliphatic carbocycles. The predicted molar refractivity (Wildman–Crippen MR) is 66.5 cm³/mol. The van der Waals surface area contributed by atoms with Crippen LogP contribution in [0.4, 0.5) is 0 Å². The summed E-state index contributed by atoms with van der Waals surface area (Å²) in [5, 5.41) is 2.88. The topological polar surface area (TPSA) is 55.1 Å².